The molecule has 0 saturated carbocycles. The summed E-state index contributed by atoms with van der Waals surface area (Å²) in [4.78, 5) is 9.22. The molecule has 1 saturated heterocycles. The number of phenols is 1. The van der Waals surface area contributed by atoms with Crippen molar-refractivity contribution in [1.82, 2.24) is 4.31 Å². The maximum Gasteiger partial charge on any atom is 0.312 e. The number of nitrogens with zero attached hydrogens (tertiary/aromatic N) is 2. The number of hydrogen-bond acceptors (Lipinski definition) is 6. The van der Waals surface area contributed by atoms with E-state index in [0.717, 1.165) is 12.1 Å². The summed E-state index contributed by atoms with van der Waals surface area (Å²) in [5.41, 5.74) is -0.820. The minimum absolute atomic E-state index is 0.213. The van der Waals surface area contributed by atoms with Gasteiger partial charge in [-0.25, -0.2) is 17.2 Å². The quantitative estimate of drug-likeness (QED) is 0.649. The minimum Gasteiger partial charge on any atom is -0.502 e. The van der Waals surface area contributed by atoms with Gasteiger partial charge >= 0.3 is 5.69 Å². The maximum atomic E-state index is 13.5. The summed E-state index contributed by atoms with van der Waals surface area (Å²) in [6, 6.07) is 2.38. The van der Waals surface area contributed by atoms with Gasteiger partial charge < -0.3 is 9.84 Å². The lowest BCUT2D eigenvalue weighted by Crippen LogP contribution is -2.41. The van der Waals surface area contributed by atoms with Gasteiger partial charge in [0.05, 0.1) is 23.0 Å². The Morgan fingerprint density at radius 1 is 1.41 bits per heavy atom. The van der Waals surface area contributed by atoms with Gasteiger partial charge in [0.25, 0.3) is 5.92 Å². The van der Waals surface area contributed by atoms with Crippen molar-refractivity contribution in [3.63, 3.8) is 0 Å². The second kappa shape index (κ2) is 5.74. The van der Waals surface area contributed by atoms with E-state index in [1.807, 2.05) is 0 Å². The van der Waals surface area contributed by atoms with Gasteiger partial charge in [0.2, 0.25) is 10.0 Å². The van der Waals surface area contributed by atoms with Crippen LogP contribution in [0.5, 0.6) is 5.75 Å². The van der Waals surface area contributed by atoms with Crippen LogP contribution in [0.3, 0.4) is 0 Å². The first-order valence-corrected chi connectivity index (χ1v) is 7.51. The molecule has 1 aliphatic rings. The van der Waals surface area contributed by atoms with Crippen LogP contribution in [0.15, 0.2) is 23.1 Å². The Morgan fingerprint density at radius 2 is 2.09 bits per heavy atom. The predicted octanol–water partition coefficient (Wildman–Crippen LogP) is 0.957. The van der Waals surface area contributed by atoms with Gasteiger partial charge in [-0.05, 0) is 12.1 Å². The Kier molecular flexibility index (Phi) is 4.31. The zero-order valence-electron chi connectivity index (χ0n) is 11.1. The summed E-state index contributed by atoms with van der Waals surface area (Å²) in [5, 5.41) is 20.1. The fourth-order valence-electron chi connectivity index (χ4n) is 1.93. The van der Waals surface area contributed by atoms with Gasteiger partial charge in [0, 0.05) is 12.6 Å². The molecule has 11 heteroatoms. The highest BCUT2D eigenvalue weighted by Gasteiger charge is 2.40. The second-order valence-corrected chi connectivity index (χ2v) is 6.59. The molecule has 0 aromatic heterocycles. The number of nitro groups is 1. The highest BCUT2D eigenvalue weighted by atomic mass is 32.2. The zero-order chi connectivity index (χ0) is 16.5. The number of halogens is 2. The van der Waals surface area contributed by atoms with E-state index in [-0.39, 0.29) is 13.2 Å². The summed E-state index contributed by atoms with van der Waals surface area (Å²) in [6.45, 7) is -2.49. The largest absolute Gasteiger partial charge is 0.502 e. The van der Waals surface area contributed by atoms with E-state index in [1.54, 1.807) is 0 Å². The van der Waals surface area contributed by atoms with Crippen LogP contribution >= 0.6 is 0 Å². The molecule has 1 aliphatic heterocycles. The molecule has 8 nitrogen and oxygen atoms in total. The Bertz CT molecular complexity index is 694. The molecule has 2 rings (SSSR count). The van der Waals surface area contributed by atoms with Crippen LogP contribution in [0.4, 0.5) is 14.5 Å². The van der Waals surface area contributed by atoms with Gasteiger partial charge in [-0.2, -0.15) is 4.31 Å². The normalized spacial score (nSPS) is 19.5. The molecule has 1 heterocycles. The van der Waals surface area contributed by atoms with E-state index in [2.05, 4.69) is 4.74 Å². The van der Waals surface area contributed by atoms with Gasteiger partial charge in [-0.3, -0.25) is 10.1 Å². The number of phenolic OH excluding ortho intramolecular Hbond substituents is 1. The maximum absolute atomic E-state index is 13.5. The fourth-order valence-corrected chi connectivity index (χ4v) is 3.41. The molecule has 0 bridgehead atoms. The number of alkyl halides is 2. The molecular weight excluding hydrogens is 326 g/mol. The minimum atomic E-state index is -4.37. The average Bonchev–Trinajstić information content (AvgIpc) is 2.60. The van der Waals surface area contributed by atoms with E-state index in [4.69, 9.17) is 0 Å². The van der Waals surface area contributed by atoms with Crippen molar-refractivity contribution in [3.8, 4) is 5.75 Å². The third kappa shape index (κ3) is 3.31. The lowest BCUT2D eigenvalue weighted by Gasteiger charge is -2.22. The van der Waals surface area contributed by atoms with Crippen molar-refractivity contribution >= 4 is 15.7 Å². The molecule has 0 aliphatic carbocycles. The van der Waals surface area contributed by atoms with E-state index < -0.39 is 50.4 Å². The third-order valence-electron chi connectivity index (χ3n) is 2.99. The molecule has 0 unspecified atom stereocenters. The van der Waals surface area contributed by atoms with Crippen LogP contribution in [-0.4, -0.2) is 55.0 Å². The molecule has 1 N–H and O–H groups in total. The number of ether oxygens (including phenoxy) is 1. The second-order valence-electron chi connectivity index (χ2n) is 4.65. The molecule has 0 amide bonds. The Morgan fingerprint density at radius 3 is 2.73 bits per heavy atom. The van der Waals surface area contributed by atoms with E-state index in [9.17, 15) is 32.4 Å². The van der Waals surface area contributed by atoms with Crippen molar-refractivity contribution in [2.75, 3.05) is 26.3 Å². The Hall–Kier alpha value is -1.85. The van der Waals surface area contributed by atoms with Crippen LogP contribution in [0.1, 0.15) is 0 Å². The standard InChI is InChI=1S/C11H12F2N2O6S/c12-11(13)6-14(3-4-21-7-11)22(19,20)8-1-2-10(16)9(5-8)15(17)18/h1-2,5,16H,3-4,6-7H2. The van der Waals surface area contributed by atoms with Crippen molar-refractivity contribution < 1.29 is 32.0 Å². The van der Waals surface area contributed by atoms with Crippen molar-refractivity contribution in [3.05, 3.63) is 28.3 Å². The Labute approximate surface area is 124 Å². The first-order valence-electron chi connectivity index (χ1n) is 6.07. The SMILES string of the molecule is O=[N+]([O-])c1cc(S(=O)(=O)N2CCOCC(F)(F)C2)ccc1O. The molecule has 22 heavy (non-hydrogen) atoms. The summed E-state index contributed by atoms with van der Waals surface area (Å²) < 4.78 is 56.8. The number of aromatic hydroxyl groups is 1. The highest BCUT2D eigenvalue weighted by molar-refractivity contribution is 7.89. The average molecular weight is 338 g/mol. The molecular formula is C11H12F2N2O6S. The number of nitro benzene ring substituents is 1. The number of benzene rings is 1. The summed E-state index contributed by atoms with van der Waals surface area (Å²) in [7, 11) is -4.37. The third-order valence-corrected chi connectivity index (χ3v) is 4.83. The first-order chi connectivity index (χ1) is 10.1. The Balaban J connectivity index is 2.41. The van der Waals surface area contributed by atoms with Gasteiger partial charge in [0.15, 0.2) is 5.75 Å². The fraction of sp³-hybridized carbons (Fsp3) is 0.455. The first kappa shape index (κ1) is 16.5. The lowest BCUT2D eigenvalue weighted by atomic mass is 10.3. The topological polar surface area (TPSA) is 110 Å². The molecule has 1 fully saturated rings. The number of sulfonamides is 1. The van der Waals surface area contributed by atoms with Crippen LogP contribution in [-0.2, 0) is 14.8 Å². The molecule has 0 atom stereocenters. The van der Waals surface area contributed by atoms with Crippen LogP contribution in [0, 0.1) is 10.1 Å². The predicted molar refractivity (Wildman–Crippen MR) is 69.3 cm³/mol. The zero-order valence-corrected chi connectivity index (χ0v) is 11.9. The molecule has 1 aromatic carbocycles. The molecule has 0 spiro atoms. The monoisotopic (exact) mass is 338 g/mol. The van der Waals surface area contributed by atoms with Crippen LogP contribution in [0.25, 0.3) is 0 Å². The van der Waals surface area contributed by atoms with E-state index in [1.165, 1.54) is 0 Å². The van der Waals surface area contributed by atoms with Crippen molar-refractivity contribution in [1.29, 1.82) is 0 Å². The number of hydrogen-bond donors (Lipinski definition) is 1. The van der Waals surface area contributed by atoms with Gasteiger partial charge in [-0.1, -0.05) is 0 Å². The molecule has 1 aromatic rings. The van der Waals surface area contributed by atoms with Gasteiger partial charge in [-0.15, -0.1) is 0 Å². The highest BCUT2D eigenvalue weighted by Crippen LogP contribution is 2.31. The smallest absolute Gasteiger partial charge is 0.312 e. The van der Waals surface area contributed by atoms with Crippen LogP contribution in [0.2, 0.25) is 0 Å². The van der Waals surface area contributed by atoms with E-state index in [0.29, 0.717) is 10.4 Å². The molecule has 0 radical (unpaired) electrons. The van der Waals surface area contributed by atoms with E-state index >= 15 is 0 Å². The van der Waals surface area contributed by atoms with Crippen molar-refractivity contribution in [2.45, 2.75) is 10.8 Å². The lowest BCUT2D eigenvalue weighted by molar-refractivity contribution is -0.386. The number of rotatable bonds is 3. The van der Waals surface area contributed by atoms with Crippen LogP contribution < -0.4 is 0 Å². The molecule has 122 valence electrons. The van der Waals surface area contributed by atoms with Gasteiger partial charge in [0.1, 0.15) is 6.61 Å². The summed E-state index contributed by atoms with van der Waals surface area (Å²) in [6.07, 6.45) is 0. The van der Waals surface area contributed by atoms with Crippen molar-refractivity contribution in [2.24, 2.45) is 0 Å². The summed E-state index contributed by atoms with van der Waals surface area (Å²) in [5.74, 6) is -4.07. The summed E-state index contributed by atoms with van der Waals surface area (Å²) >= 11 is 0.